The molecule has 3 rings (SSSR count). The fourth-order valence-electron chi connectivity index (χ4n) is 3.62. The van der Waals surface area contributed by atoms with Gasteiger partial charge in [0.25, 0.3) is 5.91 Å². The van der Waals surface area contributed by atoms with Crippen LogP contribution in [0.5, 0.6) is 0 Å². The topological polar surface area (TPSA) is 57.6 Å². The smallest absolute Gasteiger partial charge is 0.413 e. The molecule has 1 unspecified atom stereocenters. The summed E-state index contributed by atoms with van der Waals surface area (Å²) in [4.78, 5) is 25.4. The molecule has 3 aromatic carbocycles. The zero-order valence-electron chi connectivity index (χ0n) is 17.8. The van der Waals surface area contributed by atoms with Crippen molar-refractivity contribution in [1.29, 1.82) is 0 Å². The van der Waals surface area contributed by atoms with Crippen molar-refractivity contribution < 1.29 is 27.9 Å². The molecular formula is C26H22F3NO3. The Morgan fingerprint density at radius 1 is 0.909 bits per heavy atom. The molecule has 0 aliphatic rings. The molecule has 0 radical (unpaired) electrons. The summed E-state index contributed by atoms with van der Waals surface area (Å²) in [6, 6.07) is 18.7. The summed E-state index contributed by atoms with van der Waals surface area (Å²) < 4.78 is 43.3. The molecule has 7 heteroatoms. The van der Waals surface area contributed by atoms with Gasteiger partial charge in [0.05, 0.1) is 0 Å². The lowest BCUT2D eigenvalue weighted by atomic mass is 9.99. The predicted octanol–water partition coefficient (Wildman–Crippen LogP) is 6.52. The van der Waals surface area contributed by atoms with Crippen molar-refractivity contribution in [2.45, 2.75) is 25.6 Å². The van der Waals surface area contributed by atoms with Crippen LogP contribution in [0.1, 0.15) is 40.9 Å². The van der Waals surface area contributed by atoms with E-state index in [9.17, 15) is 22.8 Å². The summed E-state index contributed by atoms with van der Waals surface area (Å²) in [6.07, 6.45) is -3.41. The third-order valence-corrected chi connectivity index (χ3v) is 5.10. The molecule has 1 N–H and O–H groups in total. The number of carboxylic acid groups (broad SMARTS) is 1. The zero-order valence-corrected chi connectivity index (χ0v) is 17.8. The molecule has 1 atom stereocenters. The Kier molecular flexibility index (Phi) is 7.33. The number of benzene rings is 3. The van der Waals surface area contributed by atoms with E-state index >= 15 is 0 Å². The van der Waals surface area contributed by atoms with Crippen LogP contribution in [0.2, 0.25) is 0 Å². The van der Waals surface area contributed by atoms with Crippen LogP contribution in [0.25, 0.3) is 5.57 Å². The summed E-state index contributed by atoms with van der Waals surface area (Å²) in [7, 11) is 0. The lowest BCUT2D eigenvalue weighted by Gasteiger charge is -2.34. The quantitative estimate of drug-likeness (QED) is 0.415. The van der Waals surface area contributed by atoms with Gasteiger partial charge >= 0.3 is 12.1 Å². The molecular weight excluding hydrogens is 431 g/mol. The standard InChI is InChI=1S/C26H22F3NO3/c1-2-18(17-23(31)32)21-14-9-15-22(16-21)30(25(33)20-12-7-4-8-13-20)24(26(27,28)29)19-10-5-3-6-11-19/h3-17,24H,2H2,1H3,(H,31,32)/b18-17+. The minimum Gasteiger partial charge on any atom is -0.478 e. The van der Waals surface area contributed by atoms with E-state index in [2.05, 4.69) is 0 Å². The number of anilines is 1. The summed E-state index contributed by atoms with van der Waals surface area (Å²) in [5.41, 5.74) is 0.885. The number of carbonyl (C=O) groups is 2. The number of amides is 1. The number of carbonyl (C=O) groups excluding carboxylic acids is 1. The minimum atomic E-state index is -4.77. The summed E-state index contributed by atoms with van der Waals surface area (Å²) >= 11 is 0. The van der Waals surface area contributed by atoms with Crippen LogP contribution in [-0.2, 0) is 4.79 Å². The fraction of sp³-hybridized carbons (Fsp3) is 0.154. The number of allylic oxidation sites excluding steroid dienone is 1. The monoisotopic (exact) mass is 453 g/mol. The second-order valence-electron chi connectivity index (χ2n) is 7.31. The van der Waals surface area contributed by atoms with E-state index in [4.69, 9.17) is 5.11 Å². The Balaban J connectivity index is 2.23. The zero-order chi connectivity index (χ0) is 24.0. The van der Waals surface area contributed by atoms with Crippen LogP contribution in [0.15, 0.2) is 91.0 Å². The molecule has 4 nitrogen and oxygen atoms in total. The SMILES string of the molecule is CC/C(=C\C(=O)O)c1cccc(N(C(=O)c2ccccc2)C(c2ccccc2)C(F)(F)F)c1. The highest BCUT2D eigenvalue weighted by molar-refractivity contribution is 6.07. The van der Waals surface area contributed by atoms with Crippen LogP contribution in [0.3, 0.4) is 0 Å². The van der Waals surface area contributed by atoms with Crippen LogP contribution in [-0.4, -0.2) is 23.2 Å². The van der Waals surface area contributed by atoms with Gasteiger partial charge in [0.2, 0.25) is 0 Å². The number of aliphatic carboxylic acids is 1. The van der Waals surface area contributed by atoms with Crippen molar-refractivity contribution in [2.75, 3.05) is 4.90 Å². The summed E-state index contributed by atoms with van der Waals surface area (Å²) in [6.45, 7) is 1.75. The van der Waals surface area contributed by atoms with Gasteiger partial charge in [-0.1, -0.05) is 67.6 Å². The molecule has 0 heterocycles. The maximum Gasteiger partial charge on any atom is 0.413 e. The molecule has 0 fully saturated rings. The lowest BCUT2D eigenvalue weighted by Crippen LogP contribution is -2.42. The van der Waals surface area contributed by atoms with Crippen molar-refractivity contribution in [2.24, 2.45) is 0 Å². The minimum absolute atomic E-state index is 0.0114. The highest BCUT2D eigenvalue weighted by atomic mass is 19.4. The summed E-state index contributed by atoms with van der Waals surface area (Å²) in [5.74, 6) is -1.98. The Hall–Kier alpha value is -3.87. The van der Waals surface area contributed by atoms with E-state index in [1.165, 1.54) is 54.6 Å². The maximum absolute atomic E-state index is 14.4. The number of halogens is 3. The molecule has 33 heavy (non-hydrogen) atoms. The lowest BCUT2D eigenvalue weighted by molar-refractivity contribution is -0.149. The van der Waals surface area contributed by atoms with Crippen LogP contribution >= 0.6 is 0 Å². The molecule has 170 valence electrons. The van der Waals surface area contributed by atoms with E-state index in [0.29, 0.717) is 17.6 Å². The predicted molar refractivity (Wildman–Crippen MR) is 121 cm³/mol. The first-order valence-electron chi connectivity index (χ1n) is 10.3. The molecule has 0 aliphatic carbocycles. The molecule has 0 spiro atoms. The Labute approximate surface area is 189 Å². The number of rotatable bonds is 7. The molecule has 0 bridgehead atoms. The first-order valence-corrected chi connectivity index (χ1v) is 10.3. The van der Waals surface area contributed by atoms with Gasteiger partial charge < -0.3 is 5.11 Å². The average Bonchev–Trinajstić information content (AvgIpc) is 2.80. The first-order chi connectivity index (χ1) is 15.7. The van der Waals surface area contributed by atoms with Crippen LogP contribution in [0.4, 0.5) is 18.9 Å². The molecule has 0 aliphatic heterocycles. The Bertz CT molecular complexity index is 1140. The Morgan fingerprint density at radius 2 is 1.48 bits per heavy atom. The normalized spacial score (nSPS) is 12.8. The number of hydrogen-bond acceptors (Lipinski definition) is 2. The molecule has 0 aromatic heterocycles. The van der Waals surface area contributed by atoms with Crippen molar-refractivity contribution >= 4 is 23.1 Å². The van der Waals surface area contributed by atoms with E-state index in [1.54, 1.807) is 37.3 Å². The van der Waals surface area contributed by atoms with Crippen LogP contribution in [0, 0.1) is 0 Å². The maximum atomic E-state index is 14.4. The van der Waals surface area contributed by atoms with Crippen molar-refractivity contribution in [3.05, 3.63) is 108 Å². The average molecular weight is 453 g/mol. The molecule has 1 amide bonds. The number of hydrogen-bond donors (Lipinski definition) is 1. The van der Waals surface area contributed by atoms with Gasteiger partial charge in [-0.15, -0.1) is 0 Å². The molecule has 3 aromatic rings. The van der Waals surface area contributed by atoms with Crippen molar-refractivity contribution in [3.8, 4) is 0 Å². The first kappa shape index (κ1) is 23.8. The fourth-order valence-corrected chi connectivity index (χ4v) is 3.62. The van der Waals surface area contributed by atoms with E-state index in [0.717, 1.165) is 11.0 Å². The second-order valence-corrected chi connectivity index (χ2v) is 7.31. The third-order valence-electron chi connectivity index (χ3n) is 5.10. The van der Waals surface area contributed by atoms with E-state index < -0.39 is 24.1 Å². The molecule has 0 saturated carbocycles. The van der Waals surface area contributed by atoms with Crippen molar-refractivity contribution in [3.63, 3.8) is 0 Å². The van der Waals surface area contributed by atoms with Gasteiger partial charge in [0, 0.05) is 17.3 Å². The largest absolute Gasteiger partial charge is 0.478 e. The summed E-state index contributed by atoms with van der Waals surface area (Å²) in [5, 5.41) is 9.15. The third kappa shape index (κ3) is 5.68. The highest BCUT2D eigenvalue weighted by Gasteiger charge is 2.47. The highest BCUT2D eigenvalue weighted by Crippen LogP contribution is 2.41. The number of nitrogens with zero attached hydrogens (tertiary/aromatic N) is 1. The van der Waals surface area contributed by atoms with Gasteiger partial charge in [0.1, 0.15) is 0 Å². The van der Waals surface area contributed by atoms with E-state index in [-0.39, 0.29) is 16.8 Å². The van der Waals surface area contributed by atoms with Gasteiger partial charge in [0.15, 0.2) is 6.04 Å². The van der Waals surface area contributed by atoms with Gasteiger partial charge in [-0.3, -0.25) is 9.69 Å². The van der Waals surface area contributed by atoms with Crippen LogP contribution < -0.4 is 4.90 Å². The van der Waals surface area contributed by atoms with E-state index in [1.807, 2.05) is 0 Å². The number of carboxylic acids is 1. The second kappa shape index (κ2) is 10.2. The van der Waals surface area contributed by atoms with Gasteiger partial charge in [-0.05, 0) is 47.4 Å². The number of alkyl halides is 3. The Morgan fingerprint density at radius 3 is 2.03 bits per heavy atom. The molecule has 0 saturated heterocycles. The van der Waals surface area contributed by atoms with Gasteiger partial charge in [-0.2, -0.15) is 13.2 Å². The van der Waals surface area contributed by atoms with Crippen molar-refractivity contribution in [1.82, 2.24) is 0 Å². The van der Waals surface area contributed by atoms with Gasteiger partial charge in [-0.25, -0.2) is 4.79 Å².